The van der Waals surface area contributed by atoms with Gasteiger partial charge < -0.3 is 104 Å². The fourth-order valence-electron chi connectivity index (χ4n) is 12.1. The Bertz CT molecular complexity index is 5690. The minimum atomic E-state index is -0.775. The molecule has 120 heavy (non-hydrogen) atoms. The molecular formula is C89H76Cl6O25. The van der Waals surface area contributed by atoms with Gasteiger partial charge in [0.25, 0.3) is 0 Å². The number of carbonyl (C=O) groups is 4. The first-order valence-corrected chi connectivity index (χ1v) is 38.1. The first kappa shape index (κ1) is 90.8. The van der Waals surface area contributed by atoms with E-state index in [1.807, 2.05) is 18.2 Å². The summed E-state index contributed by atoms with van der Waals surface area (Å²) < 4.78 is 47.6. The van der Waals surface area contributed by atoms with E-state index in [1.54, 1.807) is 122 Å². The number of phenolic OH excluding ortho intramolecular Hbond substituents is 12. The molecule has 12 N–H and O–H groups in total. The number of phenols is 12. The van der Waals surface area contributed by atoms with Gasteiger partial charge in [-0.2, -0.15) is 0 Å². The van der Waals surface area contributed by atoms with Crippen molar-refractivity contribution in [2.45, 2.75) is 51.4 Å². The van der Waals surface area contributed by atoms with Gasteiger partial charge in [-0.3, -0.25) is 0 Å². The molecule has 0 atom stereocenters. The van der Waals surface area contributed by atoms with Crippen LogP contribution in [0.1, 0.15) is 85.9 Å². The average molecular weight is 1760 g/mol. The second-order valence-corrected chi connectivity index (χ2v) is 28.1. The van der Waals surface area contributed by atoms with E-state index in [-0.39, 0.29) is 136 Å². The van der Waals surface area contributed by atoms with E-state index in [0.29, 0.717) is 110 Å². The minimum Gasteiger partial charge on any atom is -0.508 e. The predicted octanol–water partition coefficient (Wildman–Crippen LogP) is 20.6. The Morgan fingerprint density at radius 3 is 0.900 bits per heavy atom. The molecule has 0 aromatic heterocycles. The third-order valence-electron chi connectivity index (χ3n) is 18.0. The van der Waals surface area contributed by atoms with Crippen molar-refractivity contribution in [3.8, 4) is 121 Å². The minimum absolute atomic E-state index is 0.00378. The molecule has 0 aliphatic carbocycles. The van der Waals surface area contributed by atoms with E-state index in [4.69, 9.17) is 112 Å². The number of hydrogen-bond acceptors (Lipinski definition) is 25. The van der Waals surface area contributed by atoms with Crippen LogP contribution in [0.3, 0.4) is 0 Å². The lowest BCUT2D eigenvalue weighted by Gasteiger charge is -2.15. The van der Waals surface area contributed by atoms with Crippen LogP contribution in [0, 0.1) is 0 Å². The summed E-state index contributed by atoms with van der Waals surface area (Å²) in [6.45, 7) is 0. The van der Waals surface area contributed by atoms with Crippen molar-refractivity contribution in [2.24, 2.45) is 0 Å². The molecule has 0 saturated heterocycles. The molecule has 0 fully saturated rings. The Morgan fingerprint density at radius 1 is 0.258 bits per heavy atom. The van der Waals surface area contributed by atoms with Crippen molar-refractivity contribution in [3.05, 3.63) is 297 Å². The standard InChI is InChI=1S/C23H21ClO7.2C22H18Cl2O6.C22H19ClO6/c1-29-15-6-8-16(9-7-15)31-20-11-14(25)5-3-13(20)4-10-17-21(23(28)30-2)18(26)12-19(27)22(17)24;1-29-22(28)20-16(21(24)18(27)11-17(20)26)9-3-12-2-6-14(25)10-19(12)30-15-7-4-13(23)5-8-15;1-29-22(28)20-14(21(24)17(27)11-16(20)26)9-7-12-6-8-13(25)10-19(12)30-18-5-3-2-4-15(18)23;1-28-22(27)20-16(21(23)18(26)12-17(20)25)9-7-13-11-14(24)8-10-19(13)29-15-5-3-2-4-6-15/h3,5-9,11-12,25-27H,4,10H2,1-2H3;2,4-8,10-11,25-27H,3,9H2,1H3;2-6,8,10-11,25-27H,7,9H2,1H3;2-6,8,10-12,24-26H,7,9H2,1H3. The van der Waals surface area contributed by atoms with Crippen LogP contribution in [0.5, 0.6) is 121 Å². The summed E-state index contributed by atoms with van der Waals surface area (Å²) in [6, 6.07) is 52.3. The quantitative estimate of drug-likeness (QED) is 0.0187. The number of methoxy groups -OCH3 is 5. The van der Waals surface area contributed by atoms with Gasteiger partial charge in [-0.05, 0) is 205 Å². The topological polar surface area (TPSA) is 394 Å². The Balaban J connectivity index is 0.000000182. The molecule has 0 saturated carbocycles. The molecule has 0 bridgehead atoms. The highest BCUT2D eigenvalue weighted by Gasteiger charge is 2.29. The van der Waals surface area contributed by atoms with E-state index in [2.05, 4.69) is 0 Å². The zero-order valence-electron chi connectivity index (χ0n) is 64.2. The Kier molecular flexibility index (Phi) is 32.0. The fourth-order valence-corrected chi connectivity index (χ4v) is 13.4. The lowest BCUT2D eigenvalue weighted by atomic mass is 9.97. The SMILES string of the molecule is COC(=O)c1c(O)cc(O)c(Cl)c1CCc1cc(O)ccc1Oc1ccccc1.COC(=O)c1c(O)cc(O)c(Cl)c1CCc1ccc(O)cc1Oc1ccc(Cl)cc1.COC(=O)c1c(O)cc(O)c(Cl)c1CCc1ccc(O)cc1Oc1ccc(OC)cc1.COC(=O)c1c(O)cc(O)c(Cl)c1CCc1ccc(O)cc1Oc1ccccc1Cl. The lowest BCUT2D eigenvalue weighted by molar-refractivity contribution is 0.0586. The van der Waals surface area contributed by atoms with Crippen LogP contribution in [0.15, 0.2) is 200 Å². The van der Waals surface area contributed by atoms with Gasteiger partial charge in [-0.25, -0.2) is 19.2 Å². The van der Waals surface area contributed by atoms with Gasteiger partial charge >= 0.3 is 23.9 Å². The Hall–Kier alpha value is -13.1. The maximum atomic E-state index is 12.1. The first-order valence-electron chi connectivity index (χ1n) is 35.8. The molecule has 0 aliphatic rings. The van der Waals surface area contributed by atoms with Crippen molar-refractivity contribution in [1.82, 2.24) is 0 Å². The molecule has 0 aliphatic heterocycles. The fraction of sp³-hybridized carbons (Fsp3) is 0.146. The largest absolute Gasteiger partial charge is 0.508 e. The molecule has 0 radical (unpaired) electrons. The molecule has 0 heterocycles. The molecule has 25 nitrogen and oxygen atoms in total. The summed E-state index contributed by atoms with van der Waals surface area (Å²) in [7, 11) is 6.31. The van der Waals surface area contributed by atoms with Crippen molar-refractivity contribution in [3.63, 3.8) is 0 Å². The molecule has 12 aromatic carbocycles. The van der Waals surface area contributed by atoms with E-state index in [9.17, 15) is 80.5 Å². The van der Waals surface area contributed by atoms with Crippen LogP contribution in [0.4, 0.5) is 0 Å². The van der Waals surface area contributed by atoms with Crippen LogP contribution in [0.25, 0.3) is 0 Å². The van der Waals surface area contributed by atoms with Crippen LogP contribution in [-0.4, -0.2) is 121 Å². The summed E-state index contributed by atoms with van der Waals surface area (Å²) >= 11 is 36.8. The molecule has 12 rings (SSSR count). The number of aromatic hydroxyl groups is 12. The number of halogens is 6. The molecule has 12 aromatic rings. The maximum absolute atomic E-state index is 12.1. The van der Waals surface area contributed by atoms with E-state index < -0.39 is 46.9 Å². The highest BCUT2D eigenvalue weighted by Crippen LogP contribution is 2.45. The number of aryl methyl sites for hydroxylation is 4. The summed E-state index contributed by atoms with van der Waals surface area (Å²) in [5.74, 6) is -1.61. The molecular weight excluding hydrogens is 1680 g/mol. The first-order chi connectivity index (χ1) is 57.3. The van der Waals surface area contributed by atoms with Gasteiger partial charge in [0.2, 0.25) is 0 Å². The predicted molar refractivity (Wildman–Crippen MR) is 449 cm³/mol. The second kappa shape index (κ2) is 42.3. The zero-order valence-corrected chi connectivity index (χ0v) is 68.7. The molecule has 0 amide bonds. The number of para-hydroxylation sites is 2. The van der Waals surface area contributed by atoms with Crippen LogP contribution < -0.4 is 23.7 Å². The number of ether oxygens (including phenoxy) is 9. The monoisotopic (exact) mass is 1750 g/mol. The van der Waals surface area contributed by atoms with E-state index in [1.165, 1.54) is 70.9 Å². The van der Waals surface area contributed by atoms with Gasteiger partial charge in [0.1, 0.15) is 143 Å². The van der Waals surface area contributed by atoms with Crippen LogP contribution in [-0.2, 0) is 70.3 Å². The number of hydrogen-bond donors (Lipinski definition) is 12. The van der Waals surface area contributed by atoms with Crippen LogP contribution >= 0.6 is 69.6 Å². The summed E-state index contributed by atoms with van der Waals surface area (Å²) in [5.41, 5.74) is 3.27. The molecule has 0 spiro atoms. The summed E-state index contributed by atoms with van der Waals surface area (Å²) in [6.07, 6.45) is 2.01. The molecule has 0 unspecified atom stereocenters. The van der Waals surface area contributed by atoms with Crippen molar-refractivity contribution < 1.29 is 123 Å². The lowest BCUT2D eigenvalue weighted by Crippen LogP contribution is -2.08. The van der Waals surface area contributed by atoms with Gasteiger partial charge in [-0.15, -0.1) is 0 Å². The number of esters is 4. The Labute approximate surface area is 716 Å². The van der Waals surface area contributed by atoms with Gasteiger partial charge in [0.05, 0.1) is 60.7 Å². The Morgan fingerprint density at radius 2 is 0.550 bits per heavy atom. The van der Waals surface area contributed by atoms with Crippen LogP contribution in [0.2, 0.25) is 30.1 Å². The van der Waals surface area contributed by atoms with Crippen molar-refractivity contribution >= 4 is 93.5 Å². The maximum Gasteiger partial charge on any atom is 0.341 e. The third kappa shape index (κ3) is 23.4. The smallest absolute Gasteiger partial charge is 0.341 e. The van der Waals surface area contributed by atoms with Gasteiger partial charge in [0, 0.05) is 47.5 Å². The van der Waals surface area contributed by atoms with Gasteiger partial charge in [-0.1, -0.05) is 118 Å². The van der Waals surface area contributed by atoms with Crippen molar-refractivity contribution in [2.75, 3.05) is 35.5 Å². The van der Waals surface area contributed by atoms with E-state index >= 15 is 0 Å². The highest BCUT2D eigenvalue weighted by molar-refractivity contribution is 6.35. The zero-order chi connectivity index (χ0) is 87.2. The van der Waals surface area contributed by atoms with Crippen molar-refractivity contribution in [1.29, 1.82) is 0 Å². The second-order valence-electron chi connectivity index (χ2n) is 25.7. The summed E-state index contributed by atoms with van der Waals surface area (Å²) in [5, 5.41) is 121. The highest BCUT2D eigenvalue weighted by atomic mass is 35.5. The number of rotatable bonds is 25. The summed E-state index contributed by atoms with van der Waals surface area (Å²) in [4.78, 5) is 48.5. The van der Waals surface area contributed by atoms with Gasteiger partial charge in [0.15, 0.2) is 0 Å². The normalized spacial score (nSPS) is 10.6. The number of benzene rings is 12. The molecule has 624 valence electrons. The third-order valence-corrected chi connectivity index (χ3v) is 20.2. The molecule has 31 heteroatoms. The number of carbonyl (C=O) groups excluding carboxylic acids is 4. The average Bonchev–Trinajstić information content (AvgIpc) is 0.806. The van der Waals surface area contributed by atoms with E-state index in [0.717, 1.165) is 24.3 Å².